The molecule has 1 fully saturated rings. The first-order chi connectivity index (χ1) is 20.1. The third-order valence-corrected chi connectivity index (χ3v) is 7.75. The van der Waals surface area contributed by atoms with Crippen molar-refractivity contribution in [1.82, 2.24) is 15.1 Å². The Morgan fingerprint density at radius 3 is 2.44 bits per heavy atom. The maximum atomic E-state index is 13.9. The van der Waals surface area contributed by atoms with E-state index in [2.05, 4.69) is 15.7 Å². The van der Waals surface area contributed by atoms with Gasteiger partial charge in [0.15, 0.2) is 11.5 Å². The van der Waals surface area contributed by atoms with E-state index in [1.54, 1.807) is 0 Å². The molecule has 1 aromatic heterocycles. The molecule has 1 atom stereocenters. The van der Waals surface area contributed by atoms with Crippen molar-refractivity contribution in [2.75, 3.05) is 11.9 Å². The van der Waals surface area contributed by atoms with Crippen LogP contribution in [0.3, 0.4) is 0 Å². The zero-order valence-electron chi connectivity index (χ0n) is 24.3. The minimum Gasteiger partial charge on any atom is -0.461 e. The molecule has 1 saturated carbocycles. The number of aromatic nitrogens is 2. The van der Waals surface area contributed by atoms with E-state index in [0.29, 0.717) is 31.4 Å². The number of Topliss-reactive ketones (excluding diaryl/α,β-unsaturated/α-hetero) is 1. The average molecular weight is 607 g/mol. The fourth-order valence-corrected chi connectivity index (χ4v) is 5.67. The Kier molecular flexibility index (Phi) is 9.19. The molecule has 0 aliphatic heterocycles. The molecule has 11 nitrogen and oxygen atoms in total. The molecule has 14 heteroatoms. The van der Waals surface area contributed by atoms with E-state index < -0.39 is 46.6 Å². The number of benzene rings is 1. The second-order valence-corrected chi connectivity index (χ2v) is 12.0. The Morgan fingerprint density at radius 2 is 1.84 bits per heavy atom. The van der Waals surface area contributed by atoms with E-state index in [1.165, 1.54) is 25.1 Å². The molecule has 6 N–H and O–H groups in total. The number of nitrogens with two attached hydrogens (primary N) is 2. The molecule has 0 radical (unpaired) electrons. The van der Waals surface area contributed by atoms with Crippen LogP contribution < -0.4 is 22.1 Å². The summed E-state index contributed by atoms with van der Waals surface area (Å²) in [6.45, 7) is 5.33. The zero-order chi connectivity index (χ0) is 31.7. The van der Waals surface area contributed by atoms with E-state index in [4.69, 9.17) is 16.2 Å². The number of anilines is 1. The highest BCUT2D eigenvalue weighted by Gasteiger charge is 2.45. The molecule has 4 rings (SSSR count). The average Bonchev–Trinajstić information content (AvgIpc) is 3.29. The van der Waals surface area contributed by atoms with Gasteiger partial charge in [-0.2, -0.15) is 18.3 Å². The van der Waals surface area contributed by atoms with Crippen LogP contribution in [-0.4, -0.2) is 58.1 Å². The van der Waals surface area contributed by atoms with Crippen molar-refractivity contribution < 1.29 is 37.1 Å². The summed E-state index contributed by atoms with van der Waals surface area (Å²) in [5.74, 6) is -2.22. The van der Waals surface area contributed by atoms with Gasteiger partial charge in [0.1, 0.15) is 12.1 Å². The largest absolute Gasteiger partial charge is 0.461 e. The van der Waals surface area contributed by atoms with Gasteiger partial charge in [0.05, 0.1) is 22.5 Å². The highest BCUT2D eigenvalue weighted by molar-refractivity contribution is 6.00. The van der Waals surface area contributed by atoms with Gasteiger partial charge in [0, 0.05) is 31.1 Å². The van der Waals surface area contributed by atoms with Gasteiger partial charge in [-0.15, -0.1) is 0 Å². The molecular weight excluding hydrogens is 569 g/mol. The number of esters is 1. The molecule has 1 aromatic carbocycles. The standard InChI is InChI=1S/C29H37F3N6O5/c1-15(35-23(40)10-11-33)27(42)43-18-7-4-16(5-8-18)36-20-12-17(6-9-19(20)26(34)41)38-21-13-28(2,3)14-22(39)24(21)25(37-38)29(30,31)32/h6,9,12,15-16,18,36H,4-5,7-8,10-11,13-14,33H2,1-3H3,(H2,34,41)(H,35,40)/t15-,16?,18?/m0/s1. The van der Waals surface area contributed by atoms with Gasteiger partial charge in [-0.3, -0.25) is 14.4 Å². The number of carbonyl (C=O) groups is 4. The lowest BCUT2D eigenvalue weighted by atomic mass is 9.75. The summed E-state index contributed by atoms with van der Waals surface area (Å²) in [4.78, 5) is 49.2. The summed E-state index contributed by atoms with van der Waals surface area (Å²) in [5.41, 5.74) is 9.64. The predicted molar refractivity (Wildman–Crippen MR) is 151 cm³/mol. The number of alkyl halides is 3. The molecule has 0 bridgehead atoms. The van der Waals surface area contributed by atoms with Crippen molar-refractivity contribution in [3.63, 3.8) is 0 Å². The van der Waals surface area contributed by atoms with E-state index in [1.807, 2.05) is 13.8 Å². The van der Waals surface area contributed by atoms with E-state index in [9.17, 15) is 32.3 Å². The van der Waals surface area contributed by atoms with E-state index >= 15 is 0 Å². The molecule has 43 heavy (non-hydrogen) atoms. The zero-order valence-corrected chi connectivity index (χ0v) is 24.3. The fraction of sp³-hybridized carbons (Fsp3) is 0.552. The normalized spacial score (nSPS) is 20.6. The van der Waals surface area contributed by atoms with Crippen molar-refractivity contribution in [2.24, 2.45) is 16.9 Å². The Morgan fingerprint density at radius 1 is 1.16 bits per heavy atom. The molecule has 1 heterocycles. The van der Waals surface area contributed by atoms with Gasteiger partial charge >= 0.3 is 12.1 Å². The van der Waals surface area contributed by atoms with Gasteiger partial charge < -0.3 is 26.8 Å². The third kappa shape index (κ3) is 7.35. The molecule has 2 aliphatic carbocycles. The number of ether oxygens (including phenoxy) is 1. The van der Waals surface area contributed by atoms with Gasteiger partial charge in [-0.1, -0.05) is 13.8 Å². The Hall–Kier alpha value is -3.94. The minimum atomic E-state index is -4.82. The van der Waals surface area contributed by atoms with Crippen LogP contribution in [0.15, 0.2) is 18.2 Å². The first kappa shape index (κ1) is 32.0. The van der Waals surface area contributed by atoms with Crippen molar-refractivity contribution in [3.8, 4) is 5.69 Å². The summed E-state index contributed by atoms with van der Waals surface area (Å²) in [6.07, 6.45) is -2.76. The molecular formula is C29H37F3N6O5. The van der Waals surface area contributed by atoms with Crippen molar-refractivity contribution in [1.29, 1.82) is 0 Å². The van der Waals surface area contributed by atoms with Gasteiger partial charge in [-0.25, -0.2) is 9.48 Å². The minimum absolute atomic E-state index is 0.0258. The number of carbonyl (C=O) groups excluding carboxylic acids is 4. The summed E-state index contributed by atoms with van der Waals surface area (Å²) >= 11 is 0. The fourth-order valence-electron chi connectivity index (χ4n) is 5.67. The van der Waals surface area contributed by atoms with Crippen molar-refractivity contribution in [2.45, 2.75) is 90.1 Å². The number of hydrogen-bond donors (Lipinski definition) is 4. The van der Waals surface area contributed by atoms with E-state index in [0.717, 1.165) is 4.68 Å². The number of nitrogens with zero attached hydrogens (tertiary/aromatic N) is 2. The Bertz CT molecular complexity index is 1410. The molecule has 2 amide bonds. The number of fused-ring (bicyclic) bond motifs is 1. The number of halogens is 3. The molecule has 2 aliphatic rings. The molecule has 234 valence electrons. The lowest BCUT2D eigenvalue weighted by Crippen LogP contribution is -2.42. The smallest absolute Gasteiger partial charge is 0.435 e. The van der Waals surface area contributed by atoms with Crippen LogP contribution >= 0.6 is 0 Å². The number of hydrogen-bond acceptors (Lipinski definition) is 8. The lowest BCUT2D eigenvalue weighted by molar-refractivity contribution is -0.154. The van der Waals surface area contributed by atoms with Crippen LogP contribution in [0.1, 0.15) is 91.4 Å². The first-order valence-electron chi connectivity index (χ1n) is 14.2. The summed E-state index contributed by atoms with van der Waals surface area (Å²) < 4.78 is 48.4. The van der Waals surface area contributed by atoms with Crippen LogP contribution in [-0.2, 0) is 26.9 Å². The second kappa shape index (κ2) is 12.3. The third-order valence-electron chi connectivity index (χ3n) is 7.75. The second-order valence-electron chi connectivity index (χ2n) is 12.0. The van der Waals surface area contributed by atoms with Crippen LogP contribution in [0, 0.1) is 5.41 Å². The van der Waals surface area contributed by atoms with Crippen LogP contribution in [0.5, 0.6) is 0 Å². The molecule has 0 spiro atoms. The lowest BCUT2D eigenvalue weighted by Gasteiger charge is -2.31. The number of nitrogens with one attached hydrogen (secondary N) is 2. The predicted octanol–water partition coefficient (Wildman–Crippen LogP) is 3.26. The number of ketones is 1. The Balaban J connectivity index is 1.52. The topological polar surface area (TPSA) is 171 Å². The van der Waals surface area contributed by atoms with Crippen LogP contribution in [0.2, 0.25) is 0 Å². The maximum absolute atomic E-state index is 13.9. The van der Waals surface area contributed by atoms with Crippen LogP contribution in [0.4, 0.5) is 18.9 Å². The highest BCUT2D eigenvalue weighted by atomic mass is 19.4. The number of amides is 2. The molecule has 0 unspecified atom stereocenters. The van der Waals surface area contributed by atoms with Crippen molar-refractivity contribution >= 4 is 29.3 Å². The molecule has 2 aromatic rings. The van der Waals surface area contributed by atoms with Crippen LogP contribution in [0.25, 0.3) is 5.69 Å². The summed E-state index contributed by atoms with van der Waals surface area (Å²) in [7, 11) is 0. The molecule has 0 saturated heterocycles. The maximum Gasteiger partial charge on any atom is 0.435 e. The monoisotopic (exact) mass is 606 g/mol. The highest BCUT2D eigenvalue weighted by Crippen LogP contribution is 2.42. The summed E-state index contributed by atoms with van der Waals surface area (Å²) in [6, 6.07) is 3.42. The van der Waals surface area contributed by atoms with Gasteiger partial charge in [0.2, 0.25) is 5.91 Å². The quantitative estimate of drug-likeness (QED) is 0.315. The van der Waals surface area contributed by atoms with Gasteiger partial charge in [0.25, 0.3) is 5.91 Å². The first-order valence-corrected chi connectivity index (χ1v) is 14.2. The Labute approximate surface area is 246 Å². The number of rotatable bonds is 9. The van der Waals surface area contributed by atoms with E-state index in [-0.39, 0.29) is 60.8 Å². The SMILES string of the molecule is C[C@H](NC(=O)CCN)C(=O)OC1CCC(Nc2cc(-n3nc(C(F)(F)F)c4c3CC(C)(C)CC4=O)ccc2C(N)=O)CC1. The summed E-state index contributed by atoms with van der Waals surface area (Å²) in [5, 5.41) is 9.66. The van der Waals surface area contributed by atoms with Crippen molar-refractivity contribution in [3.05, 3.63) is 40.7 Å². The number of primary amides is 1. The van der Waals surface area contributed by atoms with Gasteiger partial charge in [-0.05, 0) is 62.6 Å².